The third-order valence-corrected chi connectivity index (χ3v) is 4.18. The van der Waals surface area contributed by atoms with E-state index in [2.05, 4.69) is 23.9 Å². The molecule has 2 fully saturated rings. The first-order valence-electron chi connectivity index (χ1n) is 5.84. The average molecular weight is 197 g/mol. The molecule has 0 aromatic rings. The Morgan fingerprint density at radius 1 is 1.29 bits per heavy atom. The van der Waals surface area contributed by atoms with E-state index < -0.39 is 0 Å². The summed E-state index contributed by atoms with van der Waals surface area (Å²) in [6.07, 6.45) is 5.52. The van der Waals surface area contributed by atoms with E-state index in [0.717, 1.165) is 31.2 Å². The molecule has 2 heterocycles. The average Bonchev–Trinajstić information content (AvgIpc) is 2.42. The maximum absolute atomic E-state index is 5.60. The molecule has 2 aliphatic rings. The minimum Gasteiger partial charge on any atom is -0.329 e. The van der Waals surface area contributed by atoms with Crippen molar-refractivity contribution in [3.63, 3.8) is 0 Å². The van der Waals surface area contributed by atoms with Gasteiger partial charge in [0.1, 0.15) is 0 Å². The molecule has 0 aromatic carbocycles. The van der Waals surface area contributed by atoms with Crippen LogP contribution in [0.25, 0.3) is 0 Å². The highest BCUT2D eigenvalue weighted by Gasteiger charge is 2.39. The number of rotatable bonds is 3. The number of piperidine rings is 1. The smallest absolute Gasteiger partial charge is 0.0122 e. The van der Waals surface area contributed by atoms with Gasteiger partial charge >= 0.3 is 0 Å². The zero-order valence-corrected chi connectivity index (χ0v) is 9.45. The van der Waals surface area contributed by atoms with E-state index in [1.165, 1.54) is 25.7 Å². The van der Waals surface area contributed by atoms with Crippen molar-refractivity contribution in [2.24, 2.45) is 5.73 Å². The first-order chi connectivity index (χ1) is 6.72. The van der Waals surface area contributed by atoms with Crippen molar-refractivity contribution in [2.75, 3.05) is 27.2 Å². The molecule has 3 heteroatoms. The van der Waals surface area contributed by atoms with Gasteiger partial charge in [-0.15, -0.1) is 0 Å². The van der Waals surface area contributed by atoms with Gasteiger partial charge in [-0.2, -0.15) is 0 Å². The molecule has 0 spiro atoms. The van der Waals surface area contributed by atoms with E-state index in [1.54, 1.807) is 0 Å². The van der Waals surface area contributed by atoms with Gasteiger partial charge in [0, 0.05) is 31.2 Å². The Kier molecular flexibility index (Phi) is 3.10. The highest BCUT2D eigenvalue weighted by atomic mass is 15.2. The maximum Gasteiger partial charge on any atom is 0.0122 e. The van der Waals surface area contributed by atoms with Crippen molar-refractivity contribution < 1.29 is 0 Å². The van der Waals surface area contributed by atoms with Crippen LogP contribution in [0.3, 0.4) is 0 Å². The predicted octanol–water partition coefficient (Wildman–Crippen LogP) is 0.502. The van der Waals surface area contributed by atoms with E-state index in [0.29, 0.717) is 0 Å². The summed E-state index contributed by atoms with van der Waals surface area (Å²) >= 11 is 0. The summed E-state index contributed by atoms with van der Waals surface area (Å²) < 4.78 is 0. The fraction of sp³-hybridized carbons (Fsp3) is 1.00. The van der Waals surface area contributed by atoms with Crippen molar-refractivity contribution in [1.29, 1.82) is 0 Å². The molecule has 0 aromatic heterocycles. The highest BCUT2D eigenvalue weighted by molar-refractivity contribution is 4.96. The van der Waals surface area contributed by atoms with Gasteiger partial charge in [-0.1, -0.05) is 0 Å². The molecular weight excluding hydrogens is 174 g/mol. The summed E-state index contributed by atoms with van der Waals surface area (Å²) in [6, 6.07) is 2.48. The molecule has 0 amide bonds. The molecule has 3 nitrogen and oxygen atoms in total. The SMILES string of the molecule is CN(CCN)C1CC2CCC(C1)N2C. The Balaban J connectivity index is 1.92. The molecule has 2 rings (SSSR count). The van der Waals surface area contributed by atoms with Crippen molar-refractivity contribution in [2.45, 2.75) is 43.8 Å². The quantitative estimate of drug-likeness (QED) is 0.715. The number of nitrogens with two attached hydrogens (primary N) is 1. The monoisotopic (exact) mass is 197 g/mol. The van der Waals surface area contributed by atoms with Crippen LogP contribution in [0, 0.1) is 0 Å². The van der Waals surface area contributed by atoms with E-state index in [9.17, 15) is 0 Å². The molecule has 2 aliphatic heterocycles. The minimum atomic E-state index is 0.784. The Hall–Kier alpha value is -0.120. The van der Waals surface area contributed by atoms with Gasteiger partial charge in [0.25, 0.3) is 0 Å². The molecule has 0 radical (unpaired) electrons. The Morgan fingerprint density at radius 3 is 2.36 bits per heavy atom. The summed E-state index contributed by atoms with van der Waals surface area (Å²) in [5, 5.41) is 0. The number of hydrogen-bond donors (Lipinski definition) is 1. The van der Waals surface area contributed by atoms with E-state index in [-0.39, 0.29) is 0 Å². The minimum absolute atomic E-state index is 0.784. The lowest BCUT2D eigenvalue weighted by Gasteiger charge is -2.40. The second-order valence-corrected chi connectivity index (χ2v) is 4.94. The molecule has 0 aliphatic carbocycles. The van der Waals surface area contributed by atoms with Crippen LogP contribution in [-0.4, -0.2) is 55.1 Å². The van der Waals surface area contributed by atoms with Crippen LogP contribution in [-0.2, 0) is 0 Å². The topological polar surface area (TPSA) is 32.5 Å². The van der Waals surface area contributed by atoms with E-state index in [1.807, 2.05) is 0 Å². The number of nitrogens with zero attached hydrogens (tertiary/aromatic N) is 2. The molecule has 2 atom stereocenters. The van der Waals surface area contributed by atoms with Gasteiger partial charge in [0.05, 0.1) is 0 Å². The second-order valence-electron chi connectivity index (χ2n) is 4.94. The molecule has 2 N–H and O–H groups in total. The van der Waals surface area contributed by atoms with Crippen molar-refractivity contribution in [3.8, 4) is 0 Å². The van der Waals surface area contributed by atoms with Gasteiger partial charge in [0.2, 0.25) is 0 Å². The lowest BCUT2D eigenvalue weighted by Crippen LogP contribution is -2.48. The number of fused-ring (bicyclic) bond motifs is 2. The van der Waals surface area contributed by atoms with Gasteiger partial charge in [-0.05, 0) is 39.8 Å². The second kappa shape index (κ2) is 4.17. The van der Waals surface area contributed by atoms with Gasteiger partial charge in [0.15, 0.2) is 0 Å². The van der Waals surface area contributed by atoms with Crippen LogP contribution in [0.2, 0.25) is 0 Å². The fourth-order valence-corrected chi connectivity index (χ4v) is 3.13. The Labute approximate surface area is 87.2 Å². The Morgan fingerprint density at radius 2 is 1.86 bits per heavy atom. The third kappa shape index (κ3) is 1.81. The van der Waals surface area contributed by atoms with Crippen LogP contribution in [0.5, 0.6) is 0 Å². The summed E-state index contributed by atoms with van der Waals surface area (Å²) in [4.78, 5) is 5.05. The van der Waals surface area contributed by atoms with E-state index in [4.69, 9.17) is 5.73 Å². The molecule has 0 saturated carbocycles. The summed E-state index contributed by atoms with van der Waals surface area (Å²) in [5.41, 5.74) is 5.60. The molecule has 2 saturated heterocycles. The van der Waals surface area contributed by atoms with Crippen LogP contribution >= 0.6 is 0 Å². The summed E-state index contributed by atoms with van der Waals surface area (Å²) in [6.45, 7) is 1.84. The molecular formula is C11H23N3. The highest BCUT2D eigenvalue weighted by Crippen LogP contribution is 2.35. The predicted molar refractivity (Wildman–Crippen MR) is 59.3 cm³/mol. The molecule has 82 valence electrons. The van der Waals surface area contributed by atoms with Gasteiger partial charge in [-0.3, -0.25) is 0 Å². The standard InChI is InChI=1S/C11H23N3/c1-13(6-5-12)11-7-9-3-4-10(8-11)14(9)2/h9-11H,3-8,12H2,1-2H3. The largest absolute Gasteiger partial charge is 0.329 e. The van der Waals surface area contributed by atoms with Crippen molar-refractivity contribution in [1.82, 2.24) is 9.80 Å². The molecule has 2 bridgehead atoms. The zero-order chi connectivity index (χ0) is 10.1. The Bertz CT molecular complexity index is 181. The van der Waals surface area contributed by atoms with Crippen molar-refractivity contribution in [3.05, 3.63) is 0 Å². The zero-order valence-electron chi connectivity index (χ0n) is 9.45. The number of hydrogen-bond acceptors (Lipinski definition) is 3. The maximum atomic E-state index is 5.60. The normalized spacial score (nSPS) is 38.1. The van der Waals surface area contributed by atoms with Gasteiger partial charge in [-0.25, -0.2) is 0 Å². The summed E-state index contributed by atoms with van der Waals surface area (Å²) in [7, 11) is 4.52. The van der Waals surface area contributed by atoms with Crippen LogP contribution in [0.1, 0.15) is 25.7 Å². The van der Waals surface area contributed by atoms with Crippen LogP contribution in [0.15, 0.2) is 0 Å². The first kappa shape index (κ1) is 10.4. The lowest BCUT2D eigenvalue weighted by molar-refractivity contribution is 0.0922. The van der Waals surface area contributed by atoms with Crippen LogP contribution in [0.4, 0.5) is 0 Å². The van der Waals surface area contributed by atoms with Gasteiger partial charge < -0.3 is 15.5 Å². The number of likely N-dealkylation sites (N-methyl/N-ethyl adjacent to an activating group) is 1. The third-order valence-electron chi connectivity index (χ3n) is 4.18. The summed E-state index contributed by atoms with van der Waals surface area (Å²) in [5.74, 6) is 0. The lowest BCUT2D eigenvalue weighted by atomic mass is 9.97. The van der Waals surface area contributed by atoms with Crippen molar-refractivity contribution >= 4 is 0 Å². The van der Waals surface area contributed by atoms with Crippen LogP contribution < -0.4 is 5.73 Å². The molecule has 14 heavy (non-hydrogen) atoms. The van der Waals surface area contributed by atoms with E-state index >= 15 is 0 Å². The first-order valence-corrected chi connectivity index (χ1v) is 5.84. The fourth-order valence-electron chi connectivity index (χ4n) is 3.13. The molecule has 2 unspecified atom stereocenters.